The zero-order chi connectivity index (χ0) is 11.6. The molecule has 0 radical (unpaired) electrons. The molecule has 1 amide bonds. The number of nitrogens with two attached hydrogens (primary N) is 1. The molecule has 3 N–H and O–H groups in total. The number of hydrogen-bond acceptors (Lipinski definition) is 3. The normalized spacial score (nSPS) is 18.6. The second-order valence-electron chi connectivity index (χ2n) is 4.56. The number of aryl methyl sites for hydroxylation is 1. The highest BCUT2D eigenvalue weighted by molar-refractivity contribution is 5.92. The summed E-state index contributed by atoms with van der Waals surface area (Å²) in [5, 5.41) is 3.01. The fourth-order valence-corrected chi connectivity index (χ4v) is 2.29. The van der Waals surface area contributed by atoms with Crippen LogP contribution in [0.3, 0.4) is 0 Å². The third-order valence-corrected chi connectivity index (χ3v) is 3.29. The topological polar surface area (TPSA) is 68.3 Å². The smallest absolute Gasteiger partial charge is 0.287 e. The van der Waals surface area contributed by atoms with E-state index in [2.05, 4.69) is 5.32 Å². The van der Waals surface area contributed by atoms with Gasteiger partial charge in [0.25, 0.3) is 5.91 Å². The second kappa shape index (κ2) is 4.29. The Balaban J connectivity index is 2.06. The Kier molecular flexibility index (Phi) is 3.01. The highest BCUT2D eigenvalue weighted by atomic mass is 16.3. The van der Waals surface area contributed by atoms with Crippen LogP contribution in [0.4, 0.5) is 0 Å². The van der Waals surface area contributed by atoms with Crippen molar-refractivity contribution in [3.05, 3.63) is 23.7 Å². The van der Waals surface area contributed by atoms with E-state index in [1.54, 1.807) is 12.1 Å². The average molecular weight is 222 g/mol. The first-order chi connectivity index (χ1) is 7.65. The zero-order valence-electron chi connectivity index (χ0n) is 9.58. The van der Waals surface area contributed by atoms with Gasteiger partial charge < -0.3 is 15.5 Å². The molecule has 1 saturated carbocycles. The van der Waals surface area contributed by atoms with E-state index in [-0.39, 0.29) is 11.4 Å². The fourth-order valence-electron chi connectivity index (χ4n) is 2.29. The number of carbonyl (C=O) groups is 1. The number of carbonyl (C=O) groups excluding carboxylic acids is 1. The van der Waals surface area contributed by atoms with Gasteiger partial charge in [0.1, 0.15) is 5.76 Å². The van der Waals surface area contributed by atoms with Crippen molar-refractivity contribution >= 4 is 5.91 Å². The molecule has 1 heterocycles. The summed E-state index contributed by atoms with van der Waals surface area (Å²) in [4.78, 5) is 11.9. The van der Waals surface area contributed by atoms with Crippen LogP contribution in [0.15, 0.2) is 16.5 Å². The van der Waals surface area contributed by atoms with Crippen molar-refractivity contribution in [3.63, 3.8) is 0 Å². The van der Waals surface area contributed by atoms with Crippen LogP contribution in [-0.4, -0.2) is 18.0 Å². The summed E-state index contributed by atoms with van der Waals surface area (Å²) in [6, 6.07) is 3.49. The van der Waals surface area contributed by atoms with Gasteiger partial charge in [-0.1, -0.05) is 12.8 Å². The number of nitrogens with one attached hydrogen (secondary N) is 1. The molecule has 1 aliphatic rings. The first kappa shape index (κ1) is 11.2. The molecule has 1 aliphatic carbocycles. The van der Waals surface area contributed by atoms with E-state index < -0.39 is 0 Å². The fraction of sp³-hybridized carbons (Fsp3) is 0.583. The highest BCUT2D eigenvalue weighted by Crippen LogP contribution is 2.29. The van der Waals surface area contributed by atoms with Gasteiger partial charge in [0.2, 0.25) is 0 Å². The molecule has 1 fully saturated rings. The monoisotopic (exact) mass is 222 g/mol. The maximum atomic E-state index is 11.9. The van der Waals surface area contributed by atoms with Gasteiger partial charge in [-0.2, -0.15) is 0 Å². The molecular weight excluding hydrogens is 204 g/mol. The van der Waals surface area contributed by atoms with Crippen molar-refractivity contribution in [1.82, 2.24) is 5.32 Å². The summed E-state index contributed by atoms with van der Waals surface area (Å²) in [5.74, 6) is 0.969. The van der Waals surface area contributed by atoms with Crippen molar-refractivity contribution in [2.45, 2.75) is 38.1 Å². The lowest BCUT2D eigenvalue weighted by molar-refractivity contribution is 0.0873. The highest BCUT2D eigenvalue weighted by Gasteiger charge is 2.34. The SMILES string of the molecule is Cc1ccc(C(=O)NC2(CN)CCCC2)o1. The van der Waals surface area contributed by atoms with Gasteiger partial charge in [0.05, 0.1) is 5.54 Å². The van der Waals surface area contributed by atoms with Crippen LogP contribution >= 0.6 is 0 Å². The number of hydrogen-bond donors (Lipinski definition) is 2. The van der Waals surface area contributed by atoms with Gasteiger partial charge in [0.15, 0.2) is 5.76 Å². The molecule has 0 bridgehead atoms. The number of furan rings is 1. The summed E-state index contributed by atoms with van der Waals surface area (Å²) in [6.45, 7) is 2.32. The van der Waals surface area contributed by atoms with Gasteiger partial charge in [-0.25, -0.2) is 0 Å². The van der Waals surface area contributed by atoms with Crippen molar-refractivity contribution in [1.29, 1.82) is 0 Å². The van der Waals surface area contributed by atoms with Crippen LogP contribution in [0.2, 0.25) is 0 Å². The van der Waals surface area contributed by atoms with Gasteiger partial charge in [-0.15, -0.1) is 0 Å². The maximum Gasteiger partial charge on any atom is 0.287 e. The first-order valence-corrected chi connectivity index (χ1v) is 5.74. The minimum atomic E-state index is -0.211. The Bertz CT molecular complexity index is 378. The van der Waals surface area contributed by atoms with Crippen molar-refractivity contribution in [2.24, 2.45) is 5.73 Å². The van der Waals surface area contributed by atoms with Crippen LogP contribution in [0, 0.1) is 6.92 Å². The van der Waals surface area contributed by atoms with Crippen LogP contribution in [-0.2, 0) is 0 Å². The quantitative estimate of drug-likeness (QED) is 0.816. The zero-order valence-corrected chi connectivity index (χ0v) is 9.58. The lowest BCUT2D eigenvalue weighted by atomic mass is 9.98. The van der Waals surface area contributed by atoms with Crippen molar-refractivity contribution in [2.75, 3.05) is 6.54 Å². The van der Waals surface area contributed by atoms with E-state index >= 15 is 0 Å². The molecule has 0 saturated heterocycles. The largest absolute Gasteiger partial charge is 0.456 e. The molecule has 16 heavy (non-hydrogen) atoms. The molecule has 2 rings (SSSR count). The molecule has 4 heteroatoms. The van der Waals surface area contributed by atoms with E-state index in [0.717, 1.165) is 31.4 Å². The Labute approximate surface area is 95.2 Å². The molecule has 1 aromatic heterocycles. The molecule has 0 aromatic carbocycles. The molecule has 0 unspecified atom stereocenters. The predicted octanol–water partition coefficient (Wildman–Crippen LogP) is 1.59. The molecule has 0 spiro atoms. The summed E-state index contributed by atoms with van der Waals surface area (Å²) < 4.78 is 5.29. The molecule has 4 nitrogen and oxygen atoms in total. The van der Waals surface area contributed by atoms with Crippen LogP contribution in [0.1, 0.15) is 42.0 Å². The number of amides is 1. The van der Waals surface area contributed by atoms with Crippen molar-refractivity contribution < 1.29 is 9.21 Å². The standard InChI is InChI=1S/C12H18N2O2/c1-9-4-5-10(16-9)11(15)14-12(8-13)6-2-3-7-12/h4-5H,2-3,6-8,13H2,1H3,(H,14,15). The third-order valence-electron chi connectivity index (χ3n) is 3.29. The molecule has 0 atom stereocenters. The third kappa shape index (κ3) is 2.11. The summed E-state index contributed by atoms with van der Waals surface area (Å²) >= 11 is 0. The molecule has 0 aliphatic heterocycles. The van der Waals surface area contributed by atoms with E-state index in [9.17, 15) is 4.79 Å². The lowest BCUT2D eigenvalue weighted by Gasteiger charge is -2.28. The van der Waals surface area contributed by atoms with E-state index in [0.29, 0.717) is 12.3 Å². The van der Waals surface area contributed by atoms with Gasteiger partial charge in [0, 0.05) is 6.54 Å². The Hall–Kier alpha value is -1.29. The van der Waals surface area contributed by atoms with E-state index in [1.165, 1.54) is 0 Å². The Morgan fingerprint density at radius 1 is 1.50 bits per heavy atom. The lowest BCUT2D eigenvalue weighted by Crippen LogP contribution is -2.51. The van der Waals surface area contributed by atoms with Crippen LogP contribution < -0.4 is 11.1 Å². The van der Waals surface area contributed by atoms with Crippen LogP contribution in [0.25, 0.3) is 0 Å². The summed E-state index contributed by atoms with van der Waals surface area (Å²) in [6.07, 6.45) is 4.20. The second-order valence-corrected chi connectivity index (χ2v) is 4.56. The molecular formula is C12H18N2O2. The average Bonchev–Trinajstić information content (AvgIpc) is 2.88. The maximum absolute atomic E-state index is 11.9. The Morgan fingerprint density at radius 2 is 2.19 bits per heavy atom. The van der Waals surface area contributed by atoms with Gasteiger partial charge >= 0.3 is 0 Å². The Morgan fingerprint density at radius 3 is 2.69 bits per heavy atom. The minimum Gasteiger partial charge on any atom is -0.456 e. The summed E-state index contributed by atoms with van der Waals surface area (Å²) in [7, 11) is 0. The van der Waals surface area contributed by atoms with Crippen LogP contribution in [0.5, 0.6) is 0 Å². The minimum absolute atomic E-state index is 0.152. The van der Waals surface area contributed by atoms with Gasteiger partial charge in [-0.05, 0) is 31.9 Å². The summed E-state index contributed by atoms with van der Waals surface area (Å²) in [5.41, 5.74) is 5.54. The number of rotatable bonds is 3. The van der Waals surface area contributed by atoms with E-state index in [1.807, 2.05) is 6.92 Å². The van der Waals surface area contributed by atoms with Gasteiger partial charge in [-0.3, -0.25) is 4.79 Å². The molecule has 88 valence electrons. The first-order valence-electron chi connectivity index (χ1n) is 5.74. The molecule has 1 aromatic rings. The van der Waals surface area contributed by atoms with E-state index in [4.69, 9.17) is 10.2 Å². The predicted molar refractivity (Wildman–Crippen MR) is 61.2 cm³/mol. The van der Waals surface area contributed by atoms with Crippen molar-refractivity contribution in [3.8, 4) is 0 Å².